The third kappa shape index (κ3) is 2.45. The molecule has 0 atom stereocenters. The standard InChI is InChI=1S/C22H14ClN3/c23-19-9-7-16(8-10-19)20-14-25-26-21(11-12-24-22(20)26)18-6-5-15-3-1-2-4-17(15)13-18/h1-14H. The number of halogens is 1. The number of hydrogen-bond acceptors (Lipinski definition) is 2. The number of rotatable bonds is 2. The van der Waals surface area contributed by atoms with Crippen molar-refractivity contribution in [2.24, 2.45) is 0 Å². The van der Waals surface area contributed by atoms with Crippen molar-refractivity contribution in [3.05, 3.63) is 90.2 Å². The Kier molecular flexibility index (Phi) is 3.47. The number of fused-ring (bicyclic) bond motifs is 2. The van der Waals surface area contributed by atoms with Crippen LogP contribution in [0, 0.1) is 0 Å². The summed E-state index contributed by atoms with van der Waals surface area (Å²) in [6.45, 7) is 0. The molecule has 3 nitrogen and oxygen atoms in total. The van der Waals surface area contributed by atoms with E-state index in [0.717, 1.165) is 33.1 Å². The minimum absolute atomic E-state index is 0.718. The van der Waals surface area contributed by atoms with E-state index in [2.05, 4.69) is 52.5 Å². The molecule has 0 N–H and O–H groups in total. The van der Waals surface area contributed by atoms with Gasteiger partial charge in [0.15, 0.2) is 5.65 Å². The van der Waals surface area contributed by atoms with Crippen LogP contribution in [-0.4, -0.2) is 14.6 Å². The molecule has 0 aliphatic heterocycles. The Hall–Kier alpha value is -3.17. The van der Waals surface area contributed by atoms with Crippen molar-refractivity contribution < 1.29 is 0 Å². The van der Waals surface area contributed by atoms with Crippen molar-refractivity contribution in [2.75, 3.05) is 0 Å². The quantitative estimate of drug-likeness (QED) is 0.396. The van der Waals surface area contributed by atoms with Crippen LogP contribution >= 0.6 is 11.6 Å². The van der Waals surface area contributed by atoms with Gasteiger partial charge in [0.2, 0.25) is 0 Å². The first-order chi connectivity index (χ1) is 12.8. The fourth-order valence-electron chi connectivity index (χ4n) is 3.29. The summed E-state index contributed by atoms with van der Waals surface area (Å²) < 4.78 is 1.90. The van der Waals surface area contributed by atoms with Crippen molar-refractivity contribution in [3.63, 3.8) is 0 Å². The lowest BCUT2D eigenvalue weighted by Crippen LogP contribution is -1.95. The molecular formula is C22H14ClN3. The molecule has 3 aromatic carbocycles. The summed E-state index contributed by atoms with van der Waals surface area (Å²) in [7, 11) is 0. The Balaban J connectivity index is 1.70. The van der Waals surface area contributed by atoms with Gasteiger partial charge in [0.05, 0.1) is 11.9 Å². The Morgan fingerprint density at radius 1 is 0.769 bits per heavy atom. The highest BCUT2D eigenvalue weighted by Gasteiger charge is 2.12. The van der Waals surface area contributed by atoms with E-state index in [-0.39, 0.29) is 0 Å². The third-order valence-electron chi connectivity index (χ3n) is 4.60. The predicted octanol–water partition coefficient (Wildman–Crippen LogP) is 5.87. The molecule has 0 aliphatic rings. The lowest BCUT2D eigenvalue weighted by molar-refractivity contribution is 0.948. The summed E-state index contributed by atoms with van der Waals surface area (Å²) in [5.41, 5.74) is 5.00. The van der Waals surface area contributed by atoms with Crippen LogP contribution in [0.25, 0.3) is 38.8 Å². The Bertz CT molecular complexity index is 1240. The number of hydrogen-bond donors (Lipinski definition) is 0. The summed E-state index contributed by atoms with van der Waals surface area (Å²) in [5.74, 6) is 0. The summed E-state index contributed by atoms with van der Waals surface area (Å²) in [5, 5.41) is 7.75. The molecule has 0 bridgehead atoms. The van der Waals surface area contributed by atoms with E-state index in [9.17, 15) is 0 Å². The maximum Gasteiger partial charge on any atom is 0.163 e. The van der Waals surface area contributed by atoms with Gasteiger partial charge < -0.3 is 0 Å². The molecule has 4 heteroatoms. The molecule has 2 aromatic heterocycles. The van der Waals surface area contributed by atoms with E-state index in [1.54, 1.807) is 0 Å². The number of benzene rings is 3. The van der Waals surface area contributed by atoms with Crippen molar-refractivity contribution in [1.29, 1.82) is 0 Å². The van der Waals surface area contributed by atoms with Gasteiger partial charge in [-0.15, -0.1) is 0 Å². The van der Waals surface area contributed by atoms with E-state index in [1.807, 2.05) is 47.2 Å². The average Bonchev–Trinajstić information content (AvgIpc) is 3.12. The number of nitrogens with zero attached hydrogens (tertiary/aromatic N) is 3. The van der Waals surface area contributed by atoms with Gasteiger partial charge >= 0.3 is 0 Å². The van der Waals surface area contributed by atoms with Crippen LogP contribution in [0.3, 0.4) is 0 Å². The molecule has 2 heterocycles. The average molecular weight is 356 g/mol. The van der Waals surface area contributed by atoms with Crippen LogP contribution in [0.2, 0.25) is 5.02 Å². The van der Waals surface area contributed by atoms with Crippen molar-refractivity contribution in [1.82, 2.24) is 14.6 Å². The van der Waals surface area contributed by atoms with Gasteiger partial charge in [-0.3, -0.25) is 0 Å². The van der Waals surface area contributed by atoms with Gasteiger partial charge in [0, 0.05) is 22.3 Å². The second-order valence-corrected chi connectivity index (χ2v) is 6.63. The summed E-state index contributed by atoms with van der Waals surface area (Å²) in [6, 6.07) is 24.5. The molecule has 5 rings (SSSR count). The predicted molar refractivity (Wildman–Crippen MR) is 106 cm³/mol. The summed E-state index contributed by atoms with van der Waals surface area (Å²) in [4.78, 5) is 4.56. The van der Waals surface area contributed by atoms with Gasteiger partial charge in [-0.25, -0.2) is 9.50 Å². The molecule has 0 saturated heterocycles. The molecule has 0 spiro atoms. The second-order valence-electron chi connectivity index (χ2n) is 6.19. The molecule has 26 heavy (non-hydrogen) atoms. The first kappa shape index (κ1) is 15.1. The van der Waals surface area contributed by atoms with E-state index in [0.29, 0.717) is 0 Å². The minimum Gasteiger partial charge on any atom is -0.236 e. The Morgan fingerprint density at radius 2 is 1.54 bits per heavy atom. The summed E-state index contributed by atoms with van der Waals surface area (Å²) >= 11 is 6.01. The van der Waals surface area contributed by atoms with Crippen LogP contribution in [0.5, 0.6) is 0 Å². The molecule has 124 valence electrons. The molecule has 0 fully saturated rings. The van der Waals surface area contributed by atoms with Crippen LogP contribution in [-0.2, 0) is 0 Å². The van der Waals surface area contributed by atoms with Gasteiger partial charge in [0.1, 0.15) is 0 Å². The highest BCUT2D eigenvalue weighted by molar-refractivity contribution is 6.30. The second kappa shape index (κ2) is 5.97. The first-order valence-corrected chi connectivity index (χ1v) is 8.75. The fourth-order valence-corrected chi connectivity index (χ4v) is 3.42. The monoisotopic (exact) mass is 355 g/mol. The Labute approximate surface area is 155 Å². The van der Waals surface area contributed by atoms with Crippen LogP contribution in [0.1, 0.15) is 0 Å². The molecule has 0 aliphatic carbocycles. The zero-order valence-electron chi connectivity index (χ0n) is 13.8. The molecule has 5 aromatic rings. The molecule has 0 amide bonds. The highest BCUT2D eigenvalue weighted by atomic mass is 35.5. The third-order valence-corrected chi connectivity index (χ3v) is 4.85. The zero-order chi connectivity index (χ0) is 17.5. The lowest BCUT2D eigenvalue weighted by Gasteiger charge is -2.07. The lowest BCUT2D eigenvalue weighted by atomic mass is 10.0. The molecular weight excluding hydrogens is 342 g/mol. The van der Waals surface area contributed by atoms with Gasteiger partial charge in [-0.2, -0.15) is 5.10 Å². The SMILES string of the molecule is Clc1ccc(-c2cnn3c(-c4ccc5ccccc5c4)ccnc23)cc1. The maximum absolute atomic E-state index is 6.01. The minimum atomic E-state index is 0.718. The van der Waals surface area contributed by atoms with E-state index in [1.165, 1.54) is 10.8 Å². The number of aromatic nitrogens is 3. The Morgan fingerprint density at radius 3 is 2.38 bits per heavy atom. The van der Waals surface area contributed by atoms with E-state index < -0.39 is 0 Å². The largest absolute Gasteiger partial charge is 0.236 e. The van der Waals surface area contributed by atoms with Gasteiger partial charge in [-0.05, 0) is 40.6 Å². The van der Waals surface area contributed by atoms with Gasteiger partial charge in [0.25, 0.3) is 0 Å². The van der Waals surface area contributed by atoms with E-state index in [4.69, 9.17) is 11.6 Å². The van der Waals surface area contributed by atoms with Crippen molar-refractivity contribution in [3.8, 4) is 22.4 Å². The van der Waals surface area contributed by atoms with Crippen molar-refractivity contribution in [2.45, 2.75) is 0 Å². The zero-order valence-corrected chi connectivity index (χ0v) is 14.6. The smallest absolute Gasteiger partial charge is 0.163 e. The topological polar surface area (TPSA) is 30.2 Å². The van der Waals surface area contributed by atoms with Crippen molar-refractivity contribution >= 4 is 28.0 Å². The van der Waals surface area contributed by atoms with Crippen LogP contribution in [0.15, 0.2) is 85.2 Å². The van der Waals surface area contributed by atoms with Crippen LogP contribution in [0.4, 0.5) is 0 Å². The van der Waals surface area contributed by atoms with Gasteiger partial charge in [-0.1, -0.05) is 60.1 Å². The molecule has 0 unspecified atom stereocenters. The normalized spacial score (nSPS) is 11.3. The van der Waals surface area contributed by atoms with E-state index >= 15 is 0 Å². The first-order valence-electron chi connectivity index (χ1n) is 8.37. The molecule has 0 radical (unpaired) electrons. The fraction of sp³-hybridized carbons (Fsp3) is 0. The molecule has 0 saturated carbocycles. The summed E-state index contributed by atoms with van der Waals surface area (Å²) in [6.07, 6.45) is 3.69. The van der Waals surface area contributed by atoms with Crippen LogP contribution < -0.4 is 0 Å². The highest BCUT2D eigenvalue weighted by Crippen LogP contribution is 2.29. The maximum atomic E-state index is 6.01.